The number of nitrogens with one attached hydrogen (secondary N) is 1. The zero-order chi connectivity index (χ0) is 15.9. The molecule has 120 valence electrons. The normalized spacial score (nSPS) is 32.3. The van der Waals surface area contributed by atoms with Crippen LogP contribution in [0.4, 0.5) is 0 Å². The maximum atomic E-state index is 9.95. The van der Waals surface area contributed by atoms with Gasteiger partial charge in [0.1, 0.15) is 24.4 Å². The maximum Gasteiger partial charge on any atom is 0.230 e. The highest BCUT2D eigenvalue weighted by atomic mass is 16.7. The Kier molecular flexibility index (Phi) is 4.07. The van der Waals surface area contributed by atoms with Crippen LogP contribution in [0.5, 0.6) is 5.88 Å². The molecule has 1 fully saturated rings. The monoisotopic (exact) mass is 309 g/mol. The Hall–Kier alpha value is -1.64. The Morgan fingerprint density at radius 1 is 1.14 bits per heavy atom. The molecule has 0 spiro atoms. The van der Waals surface area contributed by atoms with Crippen molar-refractivity contribution in [3.63, 3.8) is 0 Å². The first-order chi connectivity index (χ1) is 10.5. The molecule has 0 aliphatic carbocycles. The zero-order valence-electron chi connectivity index (χ0n) is 12.0. The first-order valence-corrected chi connectivity index (χ1v) is 7.06. The molecular formula is C15H19NO6. The van der Waals surface area contributed by atoms with Gasteiger partial charge in [-0.2, -0.15) is 0 Å². The van der Waals surface area contributed by atoms with E-state index >= 15 is 0 Å². The van der Waals surface area contributed by atoms with E-state index in [1.807, 2.05) is 25.1 Å². The second-order valence-corrected chi connectivity index (χ2v) is 5.54. The van der Waals surface area contributed by atoms with Crippen LogP contribution >= 0.6 is 0 Å². The fraction of sp³-hybridized carbons (Fsp3) is 0.467. The number of hydrogen-bond donors (Lipinski definition) is 5. The Bertz CT molecular complexity index is 655. The number of H-pyrrole nitrogens is 1. The molecule has 22 heavy (non-hydrogen) atoms. The van der Waals surface area contributed by atoms with Gasteiger partial charge in [-0.05, 0) is 19.1 Å². The number of aromatic amines is 1. The molecule has 7 nitrogen and oxygen atoms in total. The predicted molar refractivity (Wildman–Crippen MR) is 77.4 cm³/mol. The topological polar surface area (TPSA) is 115 Å². The third-order valence-corrected chi connectivity index (χ3v) is 3.84. The molecule has 1 aromatic heterocycles. The number of benzene rings is 1. The minimum atomic E-state index is -1.46. The SMILES string of the molecule is Cc1ccc2[nH]c(OC3O[C@H](CO)[C@@H](O)[C@H](O)[C@H]3O)cc2c1. The van der Waals surface area contributed by atoms with Crippen molar-refractivity contribution < 1.29 is 29.9 Å². The van der Waals surface area contributed by atoms with E-state index in [0.29, 0.717) is 5.88 Å². The van der Waals surface area contributed by atoms with Crippen LogP contribution in [0.1, 0.15) is 5.56 Å². The van der Waals surface area contributed by atoms with Crippen molar-refractivity contribution in [2.24, 2.45) is 0 Å². The van der Waals surface area contributed by atoms with Gasteiger partial charge in [0.05, 0.1) is 6.61 Å². The molecule has 1 aliphatic heterocycles. The van der Waals surface area contributed by atoms with Gasteiger partial charge in [-0.3, -0.25) is 0 Å². The van der Waals surface area contributed by atoms with Crippen LogP contribution in [-0.2, 0) is 4.74 Å². The average molecular weight is 309 g/mol. The molecule has 1 unspecified atom stereocenters. The molecule has 2 heterocycles. The fourth-order valence-electron chi connectivity index (χ4n) is 2.58. The summed E-state index contributed by atoms with van der Waals surface area (Å²) in [5.74, 6) is 0.366. The Morgan fingerprint density at radius 3 is 2.64 bits per heavy atom. The number of aliphatic hydroxyl groups is 4. The van der Waals surface area contributed by atoms with Crippen molar-refractivity contribution in [3.8, 4) is 5.88 Å². The van der Waals surface area contributed by atoms with E-state index in [-0.39, 0.29) is 0 Å². The lowest BCUT2D eigenvalue weighted by molar-refractivity contribution is -0.278. The second-order valence-electron chi connectivity index (χ2n) is 5.54. The molecule has 2 aromatic rings. The molecular weight excluding hydrogens is 290 g/mol. The van der Waals surface area contributed by atoms with Gasteiger partial charge in [0.2, 0.25) is 6.29 Å². The highest BCUT2D eigenvalue weighted by Crippen LogP contribution is 2.26. The Morgan fingerprint density at radius 2 is 1.91 bits per heavy atom. The number of rotatable bonds is 3. The summed E-state index contributed by atoms with van der Waals surface area (Å²) in [6.45, 7) is 1.49. The molecule has 1 saturated heterocycles. The number of hydrogen-bond acceptors (Lipinski definition) is 6. The number of fused-ring (bicyclic) bond motifs is 1. The van der Waals surface area contributed by atoms with Crippen LogP contribution < -0.4 is 4.74 Å². The van der Waals surface area contributed by atoms with Gasteiger partial charge in [-0.1, -0.05) is 11.6 Å². The molecule has 0 bridgehead atoms. The van der Waals surface area contributed by atoms with Gasteiger partial charge in [0.25, 0.3) is 0 Å². The lowest BCUT2D eigenvalue weighted by Crippen LogP contribution is -2.60. The summed E-state index contributed by atoms with van der Waals surface area (Å²) in [6, 6.07) is 7.59. The van der Waals surface area contributed by atoms with Gasteiger partial charge >= 0.3 is 0 Å². The average Bonchev–Trinajstić information content (AvgIpc) is 2.89. The number of aryl methyl sites for hydroxylation is 1. The number of ether oxygens (including phenoxy) is 2. The smallest absolute Gasteiger partial charge is 0.230 e. The van der Waals surface area contributed by atoms with Crippen LogP contribution in [0.3, 0.4) is 0 Å². The van der Waals surface area contributed by atoms with Gasteiger partial charge in [0, 0.05) is 17.0 Å². The molecule has 5 N–H and O–H groups in total. The van der Waals surface area contributed by atoms with Crippen LogP contribution in [0.2, 0.25) is 0 Å². The molecule has 3 rings (SSSR count). The van der Waals surface area contributed by atoms with Crippen LogP contribution in [0, 0.1) is 6.92 Å². The van der Waals surface area contributed by atoms with E-state index in [4.69, 9.17) is 14.6 Å². The minimum absolute atomic E-state index is 0.366. The van der Waals surface area contributed by atoms with Crippen molar-refractivity contribution in [3.05, 3.63) is 29.8 Å². The van der Waals surface area contributed by atoms with Gasteiger partial charge in [-0.25, -0.2) is 0 Å². The molecule has 5 atom stereocenters. The highest BCUT2D eigenvalue weighted by molar-refractivity contribution is 5.82. The third-order valence-electron chi connectivity index (χ3n) is 3.84. The number of aromatic nitrogens is 1. The van der Waals surface area contributed by atoms with Crippen molar-refractivity contribution in [1.82, 2.24) is 4.98 Å². The molecule has 1 aliphatic rings. The van der Waals surface area contributed by atoms with Crippen molar-refractivity contribution >= 4 is 10.9 Å². The van der Waals surface area contributed by atoms with E-state index in [1.165, 1.54) is 0 Å². The summed E-state index contributed by atoms with van der Waals surface area (Å²) in [5.41, 5.74) is 1.97. The highest BCUT2D eigenvalue weighted by Gasteiger charge is 2.44. The second kappa shape index (κ2) is 5.86. The van der Waals surface area contributed by atoms with Crippen LogP contribution in [0.15, 0.2) is 24.3 Å². The molecule has 0 amide bonds. The van der Waals surface area contributed by atoms with E-state index in [1.54, 1.807) is 6.07 Å². The molecule has 0 saturated carbocycles. The largest absolute Gasteiger partial charge is 0.447 e. The maximum absolute atomic E-state index is 9.95. The van der Waals surface area contributed by atoms with Crippen molar-refractivity contribution in [2.45, 2.75) is 37.6 Å². The Balaban J connectivity index is 1.80. The summed E-state index contributed by atoms with van der Waals surface area (Å²) >= 11 is 0. The number of aliphatic hydroxyl groups excluding tert-OH is 4. The zero-order valence-corrected chi connectivity index (χ0v) is 12.0. The van der Waals surface area contributed by atoms with E-state index in [2.05, 4.69) is 4.98 Å². The van der Waals surface area contributed by atoms with Crippen LogP contribution in [-0.4, -0.2) is 62.7 Å². The van der Waals surface area contributed by atoms with Crippen molar-refractivity contribution in [2.75, 3.05) is 6.61 Å². The first-order valence-electron chi connectivity index (χ1n) is 7.06. The molecule has 1 aromatic carbocycles. The molecule has 7 heteroatoms. The summed E-state index contributed by atoms with van der Waals surface area (Å²) < 4.78 is 10.8. The van der Waals surface area contributed by atoms with Crippen LogP contribution in [0.25, 0.3) is 10.9 Å². The first kappa shape index (κ1) is 15.3. The standard InChI is InChI=1S/C15H19NO6/c1-7-2-3-9-8(4-7)5-11(16-9)22-15-14(20)13(19)12(18)10(6-17)21-15/h2-5,10,12-20H,6H2,1H3/t10-,12-,13+,14-,15?/m1/s1. The van der Waals surface area contributed by atoms with Crippen molar-refractivity contribution in [1.29, 1.82) is 0 Å². The lowest BCUT2D eigenvalue weighted by atomic mass is 9.99. The predicted octanol–water partition coefficient (Wildman–Crippen LogP) is -0.345. The summed E-state index contributed by atoms with van der Waals surface area (Å²) in [5, 5.41) is 39.5. The van der Waals surface area contributed by atoms with Gasteiger partial charge in [0.15, 0.2) is 5.88 Å². The van der Waals surface area contributed by atoms with E-state index in [9.17, 15) is 15.3 Å². The lowest BCUT2D eigenvalue weighted by Gasteiger charge is -2.39. The van der Waals surface area contributed by atoms with Gasteiger partial charge in [-0.15, -0.1) is 0 Å². The van der Waals surface area contributed by atoms with E-state index in [0.717, 1.165) is 16.5 Å². The summed E-state index contributed by atoms with van der Waals surface area (Å²) in [4.78, 5) is 3.03. The quantitative estimate of drug-likeness (QED) is 0.530. The minimum Gasteiger partial charge on any atom is -0.447 e. The van der Waals surface area contributed by atoms with Gasteiger partial charge < -0.3 is 34.9 Å². The summed E-state index contributed by atoms with van der Waals surface area (Å²) in [7, 11) is 0. The third kappa shape index (κ3) is 2.69. The van der Waals surface area contributed by atoms with E-state index < -0.39 is 37.3 Å². The molecule has 0 radical (unpaired) electrons. The Labute approximate surface area is 126 Å². The fourth-order valence-corrected chi connectivity index (χ4v) is 2.58. The summed E-state index contributed by atoms with van der Waals surface area (Å²) in [6.07, 6.45) is -6.46.